The Kier molecular flexibility index (Phi) is 10.6. The smallest absolute Gasteiger partial charge is 0.228 e. The highest BCUT2D eigenvalue weighted by Crippen LogP contribution is 2.32. The third kappa shape index (κ3) is 7.70. The maximum absolute atomic E-state index is 14.9. The topological polar surface area (TPSA) is 126 Å². The van der Waals surface area contributed by atoms with Crippen molar-refractivity contribution in [3.63, 3.8) is 0 Å². The molecule has 3 aromatic rings. The number of halogens is 1. The minimum atomic E-state index is -0.624. The number of benzene rings is 3. The number of aryl methyl sites for hydroxylation is 1. The summed E-state index contributed by atoms with van der Waals surface area (Å²) in [5, 5.41) is 10.5. The van der Waals surface area contributed by atoms with Crippen molar-refractivity contribution in [3.05, 3.63) is 88.7 Å². The Bertz CT molecular complexity index is 1660. The van der Waals surface area contributed by atoms with Crippen LogP contribution in [0.1, 0.15) is 68.2 Å². The van der Waals surface area contributed by atoms with E-state index in [4.69, 9.17) is 5.73 Å². The number of nitrogens with one attached hydrogen (secondary N) is 1. The van der Waals surface area contributed by atoms with Crippen LogP contribution in [0.4, 0.5) is 10.1 Å². The first-order valence-electron chi connectivity index (χ1n) is 15.8. The van der Waals surface area contributed by atoms with Crippen molar-refractivity contribution in [2.24, 2.45) is 38.7 Å². The summed E-state index contributed by atoms with van der Waals surface area (Å²) in [7, 11) is 0. The SMILES string of the molecule is C.NCC1CCC(C(=O)C[C@@H](Cc2ccc(-c3ccc4c(c3)CC(=O)CC4)cc2)C(=O)Nc2ccc(C3=NCN=N3)c(F)c2)CC1. The van der Waals surface area contributed by atoms with Crippen molar-refractivity contribution in [3.8, 4) is 11.1 Å². The number of carbonyl (C=O) groups excluding carboxylic acids is 3. The fourth-order valence-electron chi connectivity index (χ4n) is 6.68. The van der Waals surface area contributed by atoms with Gasteiger partial charge in [-0.3, -0.25) is 14.4 Å². The summed E-state index contributed by atoms with van der Waals surface area (Å²) in [5.41, 5.74) is 11.7. The van der Waals surface area contributed by atoms with E-state index in [0.717, 1.165) is 54.4 Å². The van der Waals surface area contributed by atoms with E-state index in [1.807, 2.05) is 24.3 Å². The largest absolute Gasteiger partial charge is 0.330 e. The van der Waals surface area contributed by atoms with Crippen LogP contribution < -0.4 is 11.1 Å². The molecule has 1 heterocycles. The monoisotopic (exact) mass is 623 g/mol. The molecular formula is C37H42FN5O3. The van der Waals surface area contributed by atoms with Gasteiger partial charge in [-0.1, -0.05) is 49.9 Å². The Balaban J connectivity index is 0.00000417. The number of hydrogen-bond donors (Lipinski definition) is 2. The molecule has 1 atom stereocenters. The molecule has 3 aliphatic rings. The van der Waals surface area contributed by atoms with E-state index < -0.39 is 11.7 Å². The summed E-state index contributed by atoms with van der Waals surface area (Å²) in [6, 6.07) is 18.7. The number of nitrogens with two attached hydrogens (primary N) is 1. The van der Waals surface area contributed by atoms with Crippen LogP contribution in [0.5, 0.6) is 0 Å². The Morgan fingerprint density at radius 2 is 1.70 bits per heavy atom. The standard InChI is InChI=1S/C36H38FN5O3.CH4/c37-33-19-30(12-14-32(33)35-39-21-40-42-35)41-36(45)29(18-34(44)26-7-3-23(20-38)4-8-26)15-22-1-5-24(6-2-22)27-10-9-25-11-13-31(43)17-28(25)16-27;/h1-2,5-6,9-10,12,14,16,19,23,26,29H,3-4,7-8,11,13,15,17-18,20-21,38H2,(H,41,45);1H4/t23?,26?,29-;/m1./s1. The van der Waals surface area contributed by atoms with E-state index in [1.165, 1.54) is 17.7 Å². The first-order valence-corrected chi connectivity index (χ1v) is 15.8. The molecule has 240 valence electrons. The highest BCUT2D eigenvalue weighted by molar-refractivity contribution is 6.01. The second-order valence-electron chi connectivity index (χ2n) is 12.5. The zero-order chi connectivity index (χ0) is 31.3. The van der Waals surface area contributed by atoms with E-state index in [0.29, 0.717) is 37.4 Å². The van der Waals surface area contributed by atoms with Crippen molar-refractivity contribution in [1.29, 1.82) is 0 Å². The van der Waals surface area contributed by atoms with Crippen LogP contribution in [0.3, 0.4) is 0 Å². The molecule has 0 saturated heterocycles. The molecule has 1 aliphatic heterocycles. The summed E-state index contributed by atoms with van der Waals surface area (Å²) in [6.45, 7) is 0.809. The van der Waals surface area contributed by atoms with Gasteiger partial charge in [0.15, 0.2) is 12.5 Å². The highest BCUT2D eigenvalue weighted by Gasteiger charge is 2.30. The zero-order valence-corrected chi connectivity index (χ0v) is 25.3. The molecule has 1 amide bonds. The van der Waals surface area contributed by atoms with Crippen LogP contribution in [0.2, 0.25) is 0 Å². The molecular weight excluding hydrogens is 581 g/mol. The van der Waals surface area contributed by atoms with Gasteiger partial charge in [-0.2, -0.15) is 5.11 Å². The van der Waals surface area contributed by atoms with Gasteiger partial charge in [0.2, 0.25) is 5.91 Å². The average Bonchev–Trinajstić information content (AvgIpc) is 3.59. The van der Waals surface area contributed by atoms with Crippen LogP contribution in [0, 0.1) is 23.6 Å². The number of aliphatic imine (C=N–C) groups is 1. The van der Waals surface area contributed by atoms with E-state index in [9.17, 15) is 18.8 Å². The third-order valence-corrected chi connectivity index (χ3v) is 9.42. The van der Waals surface area contributed by atoms with Crippen molar-refractivity contribution >= 4 is 29.0 Å². The van der Waals surface area contributed by atoms with Gasteiger partial charge in [0, 0.05) is 36.8 Å². The van der Waals surface area contributed by atoms with Crippen molar-refractivity contribution in [2.45, 2.75) is 65.2 Å². The maximum atomic E-state index is 14.9. The quantitative estimate of drug-likeness (QED) is 0.255. The maximum Gasteiger partial charge on any atom is 0.228 e. The number of azo groups is 1. The molecule has 1 saturated carbocycles. The molecule has 3 N–H and O–H groups in total. The van der Waals surface area contributed by atoms with Gasteiger partial charge in [-0.15, -0.1) is 5.11 Å². The van der Waals surface area contributed by atoms with Crippen molar-refractivity contribution < 1.29 is 18.8 Å². The van der Waals surface area contributed by atoms with Crippen molar-refractivity contribution in [1.82, 2.24) is 0 Å². The summed E-state index contributed by atoms with van der Waals surface area (Å²) in [6.07, 6.45) is 5.81. The Hall–Kier alpha value is -4.37. The number of amides is 1. The normalized spacial score (nSPS) is 19.5. The molecule has 0 aromatic heterocycles. The molecule has 46 heavy (non-hydrogen) atoms. The van der Waals surface area contributed by atoms with Crippen LogP contribution >= 0.6 is 0 Å². The molecule has 2 aliphatic carbocycles. The molecule has 6 rings (SSSR count). The average molecular weight is 624 g/mol. The van der Waals surface area contributed by atoms with E-state index in [-0.39, 0.29) is 55.3 Å². The molecule has 8 nitrogen and oxygen atoms in total. The number of nitrogens with zero attached hydrogens (tertiary/aromatic N) is 3. The lowest BCUT2D eigenvalue weighted by Crippen LogP contribution is -2.31. The molecule has 0 radical (unpaired) electrons. The lowest BCUT2D eigenvalue weighted by molar-refractivity contribution is -0.129. The Labute approximate surface area is 269 Å². The van der Waals surface area contributed by atoms with E-state index in [2.05, 4.69) is 38.7 Å². The first-order chi connectivity index (χ1) is 21.9. The lowest BCUT2D eigenvalue weighted by Gasteiger charge is -2.27. The van der Waals surface area contributed by atoms with Crippen LogP contribution in [-0.4, -0.2) is 36.5 Å². The molecule has 0 bridgehead atoms. The zero-order valence-electron chi connectivity index (χ0n) is 25.3. The second-order valence-corrected chi connectivity index (χ2v) is 12.5. The van der Waals surface area contributed by atoms with Gasteiger partial charge in [-0.05, 0) is 97.0 Å². The van der Waals surface area contributed by atoms with Crippen LogP contribution in [0.15, 0.2) is 75.9 Å². The van der Waals surface area contributed by atoms with Crippen molar-refractivity contribution in [2.75, 3.05) is 18.5 Å². The molecule has 3 aromatic carbocycles. The van der Waals surface area contributed by atoms with E-state index in [1.54, 1.807) is 6.07 Å². The summed E-state index contributed by atoms with van der Waals surface area (Å²) in [4.78, 5) is 43.2. The second kappa shape index (κ2) is 14.8. The van der Waals surface area contributed by atoms with Crippen LogP contribution in [0.25, 0.3) is 11.1 Å². The number of anilines is 1. The summed E-state index contributed by atoms with van der Waals surface area (Å²) in [5.74, 6) is -0.527. The fraction of sp³-hybridized carbons (Fsp3) is 0.405. The van der Waals surface area contributed by atoms with Gasteiger partial charge in [0.05, 0.1) is 5.56 Å². The minimum Gasteiger partial charge on any atom is -0.330 e. The Morgan fingerprint density at radius 1 is 0.935 bits per heavy atom. The third-order valence-electron chi connectivity index (χ3n) is 9.42. The van der Waals surface area contributed by atoms with Crippen LogP contribution in [-0.2, 0) is 33.6 Å². The van der Waals surface area contributed by atoms with Gasteiger partial charge >= 0.3 is 0 Å². The fourth-order valence-corrected chi connectivity index (χ4v) is 6.68. The van der Waals surface area contributed by atoms with Gasteiger partial charge < -0.3 is 11.1 Å². The molecule has 0 spiro atoms. The van der Waals surface area contributed by atoms with Gasteiger partial charge in [0.1, 0.15) is 17.4 Å². The lowest BCUT2D eigenvalue weighted by atomic mass is 9.77. The number of hydrogen-bond acceptors (Lipinski definition) is 7. The molecule has 0 unspecified atom stereocenters. The number of amidine groups is 1. The highest BCUT2D eigenvalue weighted by atomic mass is 19.1. The molecule has 1 fully saturated rings. The first kappa shape index (κ1) is 33.0. The predicted octanol–water partition coefficient (Wildman–Crippen LogP) is 6.88. The summed E-state index contributed by atoms with van der Waals surface area (Å²) >= 11 is 0. The predicted molar refractivity (Wildman–Crippen MR) is 178 cm³/mol. The number of Topliss-reactive ketones (excluding diaryl/α,β-unsaturated/α-hetero) is 2. The van der Waals surface area contributed by atoms with Gasteiger partial charge in [-0.25, -0.2) is 9.38 Å². The minimum absolute atomic E-state index is 0. The summed E-state index contributed by atoms with van der Waals surface area (Å²) < 4.78 is 14.9. The number of fused-ring (bicyclic) bond motifs is 1. The number of rotatable bonds is 10. The molecule has 9 heteroatoms. The van der Waals surface area contributed by atoms with E-state index >= 15 is 0 Å². The Morgan fingerprint density at radius 3 is 2.39 bits per heavy atom. The number of carbonyl (C=O) groups is 3. The number of ketones is 2. The van der Waals surface area contributed by atoms with Gasteiger partial charge in [0.25, 0.3) is 0 Å².